The van der Waals surface area contributed by atoms with E-state index < -0.39 is 0 Å². The number of carbonyl (C=O) groups excluding carboxylic acids is 1. The molecule has 0 N–H and O–H groups in total. The van der Waals surface area contributed by atoms with Crippen molar-refractivity contribution in [1.29, 1.82) is 0 Å². The van der Waals surface area contributed by atoms with E-state index in [-0.39, 0.29) is 5.92 Å². The second-order valence-electron chi connectivity index (χ2n) is 7.30. The van der Waals surface area contributed by atoms with Crippen LogP contribution in [0.4, 0.5) is 0 Å². The summed E-state index contributed by atoms with van der Waals surface area (Å²) in [7, 11) is 0. The third kappa shape index (κ3) is 3.26. The summed E-state index contributed by atoms with van der Waals surface area (Å²) in [4.78, 5) is 19.7. The number of nitrogens with zero attached hydrogens (tertiary/aromatic N) is 3. The molecule has 1 aliphatic heterocycles. The van der Waals surface area contributed by atoms with E-state index in [0.29, 0.717) is 24.9 Å². The maximum absolute atomic E-state index is 12.7. The summed E-state index contributed by atoms with van der Waals surface area (Å²) in [5.74, 6) is 1.50. The average Bonchev–Trinajstić information content (AvgIpc) is 3.16. The molecule has 4 nitrogen and oxygen atoms in total. The Morgan fingerprint density at radius 3 is 2.76 bits per heavy atom. The maximum Gasteiger partial charge on any atom is 0.223 e. The van der Waals surface area contributed by atoms with E-state index in [1.54, 1.807) is 0 Å². The normalized spacial score (nSPS) is 22.0. The van der Waals surface area contributed by atoms with Gasteiger partial charge in [-0.15, -0.1) is 0 Å². The molecule has 2 aliphatic rings. The number of carbonyl (C=O) groups is 1. The number of fused-ring (bicyclic) bond motifs is 1. The lowest BCUT2D eigenvalue weighted by Gasteiger charge is -2.31. The fourth-order valence-corrected chi connectivity index (χ4v) is 4.64. The van der Waals surface area contributed by atoms with E-state index in [1.807, 2.05) is 18.2 Å². The van der Waals surface area contributed by atoms with Gasteiger partial charge in [-0.1, -0.05) is 53.9 Å². The van der Waals surface area contributed by atoms with Crippen LogP contribution in [0.1, 0.15) is 50.3 Å². The number of rotatable bonds is 4. The van der Waals surface area contributed by atoms with Crippen molar-refractivity contribution in [3.05, 3.63) is 41.2 Å². The average molecular weight is 402 g/mol. The molecule has 2 fully saturated rings. The Hall–Kier alpha value is -1.62. The Morgan fingerprint density at radius 1 is 1.24 bits per heavy atom. The summed E-state index contributed by atoms with van der Waals surface area (Å²) in [6, 6.07) is 8.63. The quantitative estimate of drug-likeness (QED) is 0.750. The first-order valence-corrected chi connectivity index (χ1v) is 10.0. The van der Waals surface area contributed by atoms with Crippen LogP contribution in [0.3, 0.4) is 0 Å². The summed E-state index contributed by atoms with van der Waals surface area (Å²) in [5, 5.41) is 0. The third-order valence-corrected chi connectivity index (χ3v) is 5.80. The largest absolute Gasteiger partial charge is 0.339 e. The lowest BCUT2D eigenvalue weighted by Crippen LogP contribution is -2.37. The Morgan fingerprint density at radius 2 is 2.00 bits per heavy atom. The Balaban J connectivity index is 1.65. The predicted octanol–water partition coefficient (Wildman–Crippen LogP) is 4.59. The van der Waals surface area contributed by atoms with Crippen molar-refractivity contribution in [2.24, 2.45) is 0 Å². The van der Waals surface area contributed by atoms with Crippen LogP contribution < -0.4 is 0 Å². The molecular formula is C20H24BrN3O. The molecule has 2 aromatic rings. The minimum absolute atomic E-state index is 0.175. The summed E-state index contributed by atoms with van der Waals surface area (Å²) in [6.45, 7) is 5.49. The van der Waals surface area contributed by atoms with E-state index in [9.17, 15) is 4.79 Å². The molecular weight excluding hydrogens is 378 g/mol. The van der Waals surface area contributed by atoms with E-state index in [1.165, 1.54) is 19.3 Å². The zero-order chi connectivity index (χ0) is 17.4. The molecule has 1 aliphatic carbocycles. The molecule has 0 radical (unpaired) electrons. The first-order valence-electron chi connectivity index (χ1n) is 9.21. The lowest BCUT2D eigenvalue weighted by atomic mass is 9.94. The first kappa shape index (κ1) is 16.8. The zero-order valence-corrected chi connectivity index (χ0v) is 16.0. The van der Waals surface area contributed by atoms with Crippen LogP contribution in [0, 0.1) is 0 Å². The van der Waals surface area contributed by atoms with Gasteiger partial charge in [0.05, 0.1) is 17.6 Å². The van der Waals surface area contributed by atoms with Crippen LogP contribution in [-0.2, 0) is 11.3 Å². The monoisotopic (exact) mass is 401 g/mol. The summed E-state index contributed by atoms with van der Waals surface area (Å²) < 4.78 is 3.14. The molecule has 1 saturated heterocycles. The molecule has 5 heteroatoms. The predicted molar refractivity (Wildman–Crippen MR) is 104 cm³/mol. The minimum atomic E-state index is 0.175. The highest BCUT2D eigenvalue weighted by Crippen LogP contribution is 2.35. The van der Waals surface area contributed by atoms with Gasteiger partial charge in [-0.05, 0) is 25.0 Å². The van der Waals surface area contributed by atoms with Gasteiger partial charge in [-0.25, -0.2) is 4.98 Å². The van der Waals surface area contributed by atoms with Crippen LogP contribution in [0.5, 0.6) is 0 Å². The van der Waals surface area contributed by atoms with Crippen LogP contribution in [0.2, 0.25) is 0 Å². The fraction of sp³-hybridized carbons (Fsp3) is 0.500. The van der Waals surface area contributed by atoms with Crippen LogP contribution in [0.25, 0.3) is 11.0 Å². The number of aromatic nitrogens is 2. The molecule has 1 saturated carbocycles. The zero-order valence-electron chi connectivity index (χ0n) is 14.5. The molecule has 0 spiro atoms. The van der Waals surface area contributed by atoms with E-state index in [0.717, 1.165) is 40.7 Å². The smallest absolute Gasteiger partial charge is 0.223 e. The molecule has 0 bridgehead atoms. The number of benzene rings is 1. The van der Waals surface area contributed by atoms with E-state index in [4.69, 9.17) is 4.98 Å². The van der Waals surface area contributed by atoms with Gasteiger partial charge in [0, 0.05) is 29.4 Å². The molecule has 1 aromatic carbocycles. The molecule has 4 rings (SSSR count). The van der Waals surface area contributed by atoms with Gasteiger partial charge in [0.1, 0.15) is 5.82 Å². The number of hydrogen-bond donors (Lipinski definition) is 0. The topological polar surface area (TPSA) is 38.1 Å². The highest BCUT2D eigenvalue weighted by Gasteiger charge is 2.37. The van der Waals surface area contributed by atoms with Crippen molar-refractivity contribution in [3.8, 4) is 0 Å². The van der Waals surface area contributed by atoms with Gasteiger partial charge < -0.3 is 9.47 Å². The number of amides is 1. The van der Waals surface area contributed by atoms with Gasteiger partial charge in [-0.2, -0.15) is 0 Å². The lowest BCUT2D eigenvalue weighted by molar-refractivity contribution is -0.130. The fourth-order valence-electron chi connectivity index (χ4n) is 4.39. The van der Waals surface area contributed by atoms with Crippen molar-refractivity contribution in [3.63, 3.8) is 0 Å². The summed E-state index contributed by atoms with van der Waals surface area (Å²) in [6.07, 6.45) is 6.71. The number of para-hydroxylation sites is 2. The molecule has 25 heavy (non-hydrogen) atoms. The summed E-state index contributed by atoms with van der Waals surface area (Å²) in [5.41, 5.74) is 2.11. The summed E-state index contributed by atoms with van der Waals surface area (Å²) >= 11 is 3.49. The van der Waals surface area contributed by atoms with Gasteiger partial charge in [0.25, 0.3) is 0 Å². The van der Waals surface area contributed by atoms with Crippen molar-refractivity contribution in [2.75, 3.05) is 6.54 Å². The molecule has 1 aromatic heterocycles. The third-order valence-electron chi connectivity index (χ3n) is 5.55. The number of imidazole rings is 1. The van der Waals surface area contributed by atoms with Crippen molar-refractivity contribution < 1.29 is 4.79 Å². The number of allylic oxidation sites excluding steroid dienone is 1. The van der Waals surface area contributed by atoms with Gasteiger partial charge >= 0.3 is 0 Å². The molecule has 1 amide bonds. The second kappa shape index (κ2) is 6.94. The number of halogens is 1. The molecule has 1 atom stereocenters. The van der Waals surface area contributed by atoms with Gasteiger partial charge in [-0.3, -0.25) is 4.79 Å². The van der Waals surface area contributed by atoms with Crippen molar-refractivity contribution in [1.82, 2.24) is 14.5 Å². The van der Waals surface area contributed by atoms with Crippen molar-refractivity contribution >= 4 is 32.9 Å². The van der Waals surface area contributed by atoms with E-state index >= 15 is 0 Å². The molecule has 1 unspecified atom stereocenters. The Bertz CT molecular complexity index is 806. The minimum Gasteiger partial charge on any atom is -0.339 e. The van der Waals surface area contributed by atoms with Crippen molar-refractivity contribution in [2.45, 2.75) is 57.0 Å². The second-order valence-corrected chi connectivity index (χ2v) is 8.42. The van der Waals surface area contributed by atoms with Gasteiger partial charge in [0.15, 0.2) is 0 Å². The van der Waals surface area contributed by atoms with Crippen LogP contribution in [0.15, 0.2) is 35.3 Å². The van der Waals surface area contributed by atoms with Crippen LogP contribution >= 0.6 is 15.9 Å². The number of hydrogen-bond acceptors (Lipinski definition) is 2. The Kier molecular flexibility index (Phi) is 4.67. The highest BCUT2D eigenvalue weighted by atomic mass is 79.9. The maximum atomic E-state index is 12.7. The first-order chi connectivity index (χ1) is 12.1. The molecule has 132 valence electrons. The highest BCUT2D eigenvalue weighted by molar-refractivity contribution is 9.11. The van der Waals surface area contributed by atoms with Crippen LogP contribution in [-0.4, -0.2) is 32.9 Å². The Labute approximate surface area is 157 Å². The van der Waals surface area contributed by atoms with Gasteiger partial charge in [0.2, 0.25) is 5.91 Å². The number of likely N-dealkylation sites (tertiary alicyclic amines) is 1. The molecule has 2 heterocycles. The standard InChI is InChI=1S/C20H24BrN3O/c1-14(21)12-24-18-10-6-5-9-17(18)22-20(24)15-11-19(25)23(13-15)16-7-3-2-4-8-16/h5-6,9-10,15-16H,1-4,7-8,11-13H2. The van der Waals surface area contributed by atoms with E-state index in [2.05, 4.69) is 38.0 Å². The SMILES string of the molecule is C=C(Br)Cn1c(C2CC(=O)N(C3CCCCC3)C2)nc2ccccc21.